The van der Waals surface area contributed by atoms with Gasteiger partial charge < -0.3 is 44.8 Å². The Labute approximate surface area is 203 Å². The van der Waals surface area contributed by atoms with E-state index >= 15 is 0 Å². The van der Waals surface area contributed by atoms with Gasteiger partial charge in [0.15, 0.2) is 18.5 Å². The maximum atomic E-state index is 14.1. The van der Waals surface area contributed by atoms with Crippen LogP contribution >= 0.6 is 15.6 Å². The molecular weight excluding hydrogens is 561 g/mol. The molecule has 2 saturated heterocycles. The minimum Gasteiger partial charge on any atom is -0.479 e. The molecule has 19 nitrogen and oxygen atoms in total. The monoisotopic (exact) mass is 582 g/mol. The van der Waals surface area contributed by atoms with Crippen molar-refractivity contribution in [2.45, 2.75) is 55.3 Å². The second-order valence-corrected chi connectivity index (χ2v) is 10.7. The minimum atomic E-state index is -5.80. The van der Waals surface area contributed by atoms with Gasteiger partial charge in [-0.1, -0.05) is 0 Å². The van der Waals surface area contributed by atoms with Crippen LogP contribution in [0.2, 0.25) is 0 Å². The zero-order chi connectivity index (χ0) is 27.9. The number of aromatic nitrogens is 2. The summed E-state index contributed by atoms with van der Waals surface area (Å²) in [7, 11) is -11.4. The smallest absolute Gasteiger partial charge is 0.479 e. The lowest BCUT2D eigenvalue weighted by atomic mass is 10.0. The fourth-order valence-electron chi connectivity index (χ4n) is 3.31. The number of nitrogens with zero attached hydrogens (tertiary/aromatic N) is 1. The van der Waals surface area contributed by atoms with Gasteiger partial charge >= 0.3 is 27.3 Å². The molecule has 3 rings (SSSR count). The van der Waals surface area contributed by atoms with E-state index in [-0.39, 0.29) is 0 Å². The molecule has 2 fully saturated rings. The van der Waals surface area contributed by atoms with E-state index in [1.54, 1.807) is 0 Å². The Balaban J connectivity index is 1.63. The number of aliphatic hydroxyl groups is 4. The van der Waals surface area contributed by atoms with Crippen molar-refractivity contribution in [3.63, 3.8) is 0 Å². The summed E-state index contributed by atoms with van der Waals surface area (Å²) in [6, 6.07) is 0.901. The van der Waals surface area contributed by atoms with Gasteiger partial charge in [0, 0.05) is 12.3 Å². The SMILES string of the molecule is O=C(O)[C@H]1O[C@H](OP(=O)(O)OP(=O)(O)OC[C@H]2O[C@@H](n3ccc(=O)[nH]c3=O)[C@H](O)[C@@H]2O)[C@H](F)[C@@H](O)[C@@H]1O. The van der Waals surface area contributed by atoms with Crippen LogP contribution in [0.1, 0.15) is 6.23 Å². The molecule has 0 spiro atoms. The van der Waals surface area contributed by atoms with E-state index in [0.717, 1.165) is 12.3 Å². The van der Waals surface area contributed by atoms with Crippen LogP contribution in [0, 0.1) is 0 Å². The lowest BCUT2D eigenvalue weighted by molar-refractivity contribution is -0.259. The number of carboxylic acids is 1. The molecule has 0 radical (unpaired) electrons. The van der Waals surface area contributed by atoms with Gasteiger partial charge in [0.2, 0.25) is 6.29 Å². The Bertz CT molecular complexity index is 1210. The second-order valence-electron chi connectivity index (χ2n) is 7.67. The summed E-state index contributed by atoms with van der Waals surface area (Å²) in [5.74, 6) is -1.91. The molecule has 3 heterocycles. The molecule has 2 aliphatic heterocycles. The Hall–Kier alpha value is -1.90. The first-order chi connectivity index (χ1) is 17.0. The average Bonchev–Trinajstić information content (AvgIpc) is 3.05. The van der Waals surface area contributed by atoms with E-state index in [0.29, 0.717) is 4.57 Å². The fourth-order valence-corrected chi connectivity index (χ4v) is 5.46. The molecule has 2 aliphatic rings. The van der Waals surface area contributed by atoms with Crippen molar-refractivity contribution in [3.8, 4) is 0 Å². The zero-order valence-corrected chi connectivity index (χ0v) is 19.8. The van der Waals surface area contributed by atoms with E-state index in [9.17, 15) is 58.1 Å². The van der Waals surface area contributed by atoms with Crippen LogP contribution in [0.3, 0.4) is 0 Å². The topological polar surface area (TPSA) is 294 Å². The van der Waals surface area contributed by atoms with Gasteiger partial charge in [0.1, 0.15) is 30.5 Å². The summed E-state index contributed by atoms with van der Waals surface area (Å²) in [5, 5.41) is 48.2. The first-order valence-corrected chi connectivity index (χ1v) is 12.9. The van der Waals surface area contributed by atoms with Gasteiger partial charge in [-0.05, 0) is 0 Å². The summed E-state index contributed by atoms with van der Waals surface area (Å²) < 4.78 is 61.3. The number of rotatable bonds is 9. The Morgan fingerprint density at radius 3 is 2.30 bits per heavy atom. The number of phosphoric ester groups is 2. The Kier molecular flexibility index (Phi) is 8.87. The number of aliphatic carboxylic acids is 1. The van der Waals surface area contributed by atoms with Gasteiger partial charge in [-0.25, -0.2) is 23.1 Å². The van der Waals surface area contributed by atoms with E-state index in [4.69, 9.17) is 9.84 Å². The van der Waals surface area contributed by atoms with Crippen molar-refractivity contribution >= 4 is 21.6 Å². The van der Waals surface area contributed by atoms with Crippen LogP contribution in [0.15, 0.2) is 21.9 Å². The third kappa shape index (κ3) is 6.76. The minimum absolute atomic E-state index is 0.688. The van der Waals surface area contributed by atoms with Crippen LogP contribution in [-0.4, -0.2) is 107 Å². The quantitative estimate of drug-likeness (QED) is 0.130. The Morgan fingerprint density at radius 2 is 1.70 bits per heavy atom. The molecule has 2 unspecified atom stereocenters. The number of alkyl halides is 1. The summed E-state index contributed by atoms with van der Waals surface area (Å²) in [6.45, 7) is -1.10. The molecule has 11 atom stereocenters. The van der Waals surface area contributed by atoms with E-state index < -0.39 is 94.8 Å². The maximum absolute atomic E-state index is 14.1. The van der Waals surface area contributed by atoms with Crippen LogP contribution < -0.4 is 11.2 Å². The van der Waals surface area contributed by atoms with Crippen LogP contribution in [-0.2, 0) is 36.8 Å². The molecule has 0 bridgehead atoms. The number of hydrogen-bond acceptors (Lipinski definition) is 14. The molecule has 8 N–H and O–H groups in total. The number of H-pyrrole nitrogens is 1. The van der Waals surface area contributed by atoms with Crippen molar-refractivity contribution in [1.82, 2.24) is 9.55 Å². The van der Waals surface area contributed by atoms with Crippen molar-refractivity contribution in [2.24, 2.45) is 0 Å². The van der Waals surface area contributed by atoms with Crippen molar-refractivity contribution < 1.29 is 76.5 Å². The predicted molar refractivity (Wildman–Crippen MR) is 108 cm³/mol. The highest BCUT2D eigenvalue weighted by Gasteiger charge is 2.52. The number of hydrogen-bond donors (Lipinski definition) is 8. The summed E-state index contributed by atoms with van der Waals surface area (Å²) in [4.78, 5) is 55.4. The molecule has 0 amide bonds. The van der Waals surface area contributed by atoms with E-state index in [1.807, 2.05) is 4.98 Å². The first kappa shape index (κ1) is 29.7. The summed E-state index contributed by atoms with van der Waals surface area (Å²) in [6.07, 6.45) is -18.4. The predicted octanol–water partition coefficient (Wildman–Crippen LogP) is -3.72. The van der Waals surface area contributed by atoms with Crippen molar-refractivity contribution in [1.29, 1.82) is 0 Å². The van der Waals surface area contributed by atoms with Crippen LogP contribution in [0.25, 0.3) is 0 Å². The fraction of sp³-hybridized carbons (Fsp3) is 0.667. The van der Waals surface area contributed by atoms with Gasteiger partial charge in [-0.3, -0.25) is 23.4 Å². The third-order valence-electron chi connectivity index (χ3n) is 5.08. The number of carbonyl (C=O) groups is 1. The Morgan fingerprint density at radius 1 is 1.05 bits per heavy atom. The molecule has 37 heavy (non-hydrogen) atoms. The molecule has 1 aromatic rings. The molecule has 22 heteroatoms. The highest BCUT2D eigenvalue weighted by atomic mass is 31.3. The number of carboxylic acid groups (broad SMARTS) is 1. The highest BCUT2D eigenvalue weighted by molar-refractivity contribution is 7.61. The van der Waals surface area contributed by atoms with E-state index in [2.05, 4.69) is 18.1 Å². The summed E-state index contributed by atoms with van der Waals surface area (Å²) >= 11 is 0. The number of aliphatic hydroxyl groups excluding tert-OH is 4. The normalized spacial score (nSPS) is 37.5. The zero-order valence-electron chi connectivity index (χ0n) is 18.0. The number of aromatic amines is 1. The lowest BCUT2D eigenvalue weighted by Gasteiger charge is -2.37. The number of phosphoric acid groups is 2. The van der Waals surface area contributed by atoms with Gasteiger partial charge in [0.25, 0.3) is 5.56 Å². The average molecular weight is 582 g/mol. The molecule has 0 saturated carbocycles. The molecule has 1 aromatic heterocycles. The number of halogens is 1. The van der Waals surface area contributed by atoms with Crippen molar-refractivity contribution in [2.75, 3.05) is 6.61 Å². The summed E-state index contributed by atoms with van der Waals surface area (Å²) in [5.41, 5.74) is -1.80. The molecular formula is C15H21FN2O17P2. The standard InChI is InChI=1S/C15H21FN2O17P2/c16-6-8(21)9(22)11(13(24)25)33-14(6)34-37(29,30)35-36(27,28)31-3-4-7(20)10(23)12(32-4)18-2-1-5(19)17-15(18)26/h1-2,4,6-12,14,20-23H,3H2,(H,24,25)(H,27,28)(H,29,30)(H,17,19,26)/t4-,6-,7-,8-,9+,10-,11+,12-,14-/m1/s1. The largest absolute Gasteiger partial charge is 0.483 e. The van der Waals surface area contributed by atoms with Crippen LogP contribution in [0.5, 0.6) is 0 Å². The molecule has 0 aliphatic carbocycles. The van der Waals surface area contributed by atoms with Gasteiger partial charge in [0.05, 0.1) is 6.61 Å². The van der Waals surface area contributed by atoms with Gasteiger partial charge in [-0.15, -0.1) is 0 Å². The van der Waals surface area contributed by atoms with Gasteiger partial charge in [-0.2, -0.15) is 4.31 Å². The maximum Gasteiger partial charge on any atom is 0.483 e. The molecule has 210 valence electrons. The van der Waals surface area contributed by atoms with E-state index in [1.165, 1.54) is 0 Å². The number of ether oxygens (including phenoxy) is 2. The second kappa shape index (κ2) is 11.1. The lowest BCUT2D eigenvalue weighted by Crippen LogP contribution is -2.58. The number of nitrogens with one attached hydrogen (secondary N) is 1. The van der Waals surface area contributed by atoms with Crippen LogP contribution in [0.4, 0.5) is 4.39 Å². The third-order valence-corrected chi connectivity index (χ3v) is 7.68. The highest BCUT2D eigenvalue weighted by Crippen LogP contribution is 2.61. The van der Waals surface area contributed by atoms with Crippen molar-refractivity contribution in [3.05, 3.63) is 33.1 Å². The molecule has 0 aromatic carbocycles. The first-order valence-electron chi connectivity index (χ1n) is 9.94.